The van der Waals surface area contributed by atoms with Crippen molar-refractivity contribution in [1.82, 2.24) is 5.32 Å². The minimum absolute atomic E-state index is 0. The maximum absolute atomic E-state index is 11.8. The quantitative estimate of drug-likeness (QED) is 0.691. The summed E-state index contributed by atoms with van der Waals surface area (Å²) in [7, 11) is 0. The van der Waals surface area contributed by atoms with Gasteiger partial charge in [0.25, 0.3) is 0 Å². The Kier molecular flexibility index (Phi) is 8.45. The van der Waals surface area contributed by atoms with Crippen LogP contribution in [0.4, 0.5) is 0 Å². The van der Waals surface area contributed by atoms with Crippen LogP contribution in [0, 0.1) is 11.8 Å². The Balaban J connectivity index is 0.00000200. The standard InChI is InChI=1S/C14H26N2O3.ClH/c15-13-3-2-12(8-13)14(17)16-5-1-6-18-9-11-4-7-19-10-11;/h11-13H,1-10,15H2,(H,16,17);1H. The number of carbonyl (C=O) groups is 1. The molecule has 0 aromatic heterocycles. The fourth-order valence-corrected chi connectivity index (χ4v) is 2.75. The lowest BCUT2D eigenvalue weighted by atomic mass is 10.1. The second kappa shape index (κ2) is 9.55. The molecule has 0 radical (unpaired) electrons. The molecule has 118 valence electrons. The van der Waals surface area contributed by atoms with Crippen LogP contribution in [0.2, 0.25) is 0 Å². The van der Waals surface area contributed by atoms with E-state index >= 15 is 0 Å². The largest absolute Gasteiger partial charge is 0.381 e. The fourth-order valence-electron chi connectivity index (χ4n) is 2.75. The predicted octanol–water partition coefficient (Wildman–Crippen LogP) is 1.09. The van der Waals surface area contributed by atoms with Crippen molar-refractivity contribution in [2.45, 2.75) is 38.1 Å². The first-order valence-electron chi connectivity index (χ1n) is 7.44. The van der Waals surface area contributed by atoms with Crippen molar-refractivity contribution in [3.8, 4) is 0 Å². The average Bonchev–Trinajstić information content (AvgIpc) is 3.04. The van der Waals surface area contributed by atoms with Gasteiger partial charge in [0, 0.05) is 37.6 Å². The highest BCUT2D eigenvalue weighted by atomic mass is 35.5. The molecule has 5 nitrogen and oxygen atoms in total. The molecule has 0 aromatic rings. The van der Waals surface area contributed by atoms with Crippen molar-refractivity contribution in [2.24, 2.45) is 17.6 Å². The van der Waals surface area contributed by atoms with Crippen molar-refractivity contribution < 1.29 is 14.3 Å². The molecule has 1 saturated carbocycles. The summed E-state index contributed by atoms with van der Waals surface area (Å²) in [5.41, 5.74) is 5.81. The Morgan fingerprint density at radius 3 is 2.85 bits per heavy atom. The molecule has 3 unspecified atom stereocenters. The summed E-state index contributed by atoms with van der Waals surface area (Å²) in [6.07, 6.45) is 4.73. The second-order valence-electron chi connectivity index (χ2n) is 5.72. The molecule has 2 rings (SSSR count). The van der Waals surface area contributed by atoms with E-state index in [-0.39, 0.29) is 30.3 Å². The van der Waals surface area contributed by atoms with Gasteiger partial charge in [-0.05, 0) is 32.1 Å². The normalized spacial score (nSPS) is 29.1. The van der Waals surface area contributed by atoms with Gasteiger partial charge in [-0.15, -0.1) is 12.4 Å². The first kappa shape index (κ1) is 17.7. The molecule has 1 saturated heterocycles. The number of ether oxygens (including phenoxy) is 2. The minimum atomic E-state index is 0. The molecule has 0 bridgehead atoms. The number of nitrogens with one attached hydrogen (secondary N) is 1. The van der Waals surface area contributed by atoms with Crippen LogP contribution in [-0.2, 0) is 14.3 Å². The molecule has 1 heterocycles. The molecule has 1 aliphatic carbocycles. The number of amides is 1. The van der Waals surface area contributed by atoms with E-state index in [4.69, 9.17) is 15.2 Å². The van der Waals surface area contributed by atoms with Crippen LogP contribution in [-0.4, -0.2) is 44.9 Å². The zero-order valence-electron chi connectivity index (χ0n) is 12.0. The molecule has 0 aromatic carbocycles. The van der Waals surface area contributed by atoms with Gasteiger partial charge in [0.05, 0.1) is 13.2 Å². The molecular formula is C14H27ClN2O3. The minimum Gasteiger partial charge on any atom is -0.381 e. The Labute approximate surface area is 127 Å². The van der Waals surface area contributed by atoms with E-state index < -0.39 is 0 Å². The summed E-state index contributed by atoms with van der Waals surface area (Å²) >= 11 is 0. The highest BCUT2D eigenvalue weighted by Gasteiger charge is 2.27. The fraction of sp³-hybridized carbons (Fsp3) is 0.929. The molecular weight excluding hydrogens is 280 g/mol. The third-order valence-electron chi connectivity index (χ3n) is 3.99. The molecule has 3 atom stereocenters. The maximum atomic E-state index is 11.8. The molecule has 1 amide bonds. The molecule has 6 heteroatoms. The number of carbonyl (C=O) groups excluding carboxylic acids is 1. The van der Waals surface area contributed by atoms with Crippen LogP contribution in [0.25, 0.3) is 0 Å². The zero-order valence-corrected chi connectivity index (χ0v) is 12.8. The summed E-state index contributed by atoms with van der Waals surface area (Å²) in [4.78, 5) is 11.8. The van der Waals surface area contributed by atoms with E-state index in [1.807, 2.05) is 0 Å². The van der Waals surface area contributed by atoms with Gasteiger partial charge in [0.1, 0.15) is 0 Å². The molecule has 3 N–H and O–H groups in total. The van der Waals surface area contributed by atoms with Crippen LogP contribution in [0.5, 0.6) is 0 Å². The van der Waals surface area contributed by atoms with Crippen LogP contribution >= 0.6 is 12.4 Å². The van der Waals surface area contributed by atoms with E-state index in [1.165, 1.54) is 0 Å². The van der Waals surface area contributed by atoms with Gasteiger partial charge < -0.3 is 20.5 Å². The molecule has 0 spiro atoms. The van der Waals surface area contributed by atoms with Crippen molar-refractivity contribution >= 4 is 18.3 Å². The van der Waals surface area contributed by atoms with Crippen LogP contribution in [0.15, 0.2) is 0 Å². The van der Waals surface area contributed by atoms with Gasteiger partial charge in [-0.2, -0.15) is 0 Å². The Bertz CT molecular complexity index is 286. The lowest BCUT2D eigenvalue weighted by Crippen LogP contribution is -2.31. The van der Waals surface area contributed by atoms with Gasteiger partial charge >= 0.3 is 0 Å². The Hall–Kier alpha value is -0.360. The van der Waals surface area contributed by atoms with E-state index in [2.05, 4.69) is 5.32 Å². The SMILES string of the molecule is Cl.NC1CCC(C(=O)NCCCOCC2CCOC2)C1. The van der Waals surface area contributed by atoms with Crippen LogP contribution in [0.1, 0.15) is 32.1 Å². The van der Waals surface area contributed by atoms with Gasteiger partial charge in [0.2, 0.25) is 5.91 Å². The molecule has 20 heavy (non-hydrogen) atoms. The van der Waals surface area contributed by atoms with Gasteiger partial charge in [-0.25, -0.2) is 0 Å². The molecule has 2 aliphatic rings. The van der Waals surface area contributed by atoms with E-state index in [0.29, 0.717) is 19.1 Å². The zero-order chi connectivity index (χ0) is 13.5. The topological polar surface area (TPSA) is 73.6 Å². The predicted molar refractivity (Wildman–Crippen MR) is 79.9 cm³/mol. The van der Waals surface area contributed by atoms with Gasteiger partial charge in [0.15, 0.2) is 0 Å². The third kappa shape index (κ3) is 5.95. The smallest absolute Gasteiger partial charge is 0.223 e. The number of hydrogen-bond donors (Lipinski definition) is 2. The summed E-state index contributed by atoms with van der Waals surface area (Å²) in [5.74, 6) is 0.860. The number of nitrogens with two attached hydrogens (primary N) is 1. The monoisotopic (exact) mass is 306 g/mol. The Morgan fingerprint density at radius 1 is 1.35 bits per heavy atom. The van der Waals surface area contributed by atoms with Crippen LogP contribution < -0.4 is 11.1 Å². The van der Waals surface area contributed by atoms with Crippen molar-refractivity contribution in [1.29, 1.82) is 0 Å². The lowest BCUT2D eigenvalue weighted by Gasteiger charge is -2.11. The number of halogens is 1. The first-order valence-corrected chi connectivity index (χ1v) is 7.44. The Morgan fingerprint density at radius 2 is 2.20 bits per heavy atom. The maximum Gasteiger partial charge on any atom is 0.223 e. The van der Waals surface area contributed by atoms with Crippen LogP contribution in [0.3, 0.4) is 0 Å². The van der Waals surface area contributed by atoms with E-state index in [0.717, 1.165) is 51.9 Å². The van der Waals surface area contributed by atoms with Gasteiger partial charge in [-0.3, -0.25) is 4.79 Å². The number of hydrogen-bond acceptors (Lipinski definition) is 4. The van der Waals surface area contributed by atoms with Crippen molar-refractivity contribution in [2.75, 3.05) is 33.0 Å². The molecule has 2 fully saturated rings. The molecule has 1 aliphatic heterocycles. The highest BCUT2D eigenvalue weighted by Crippen LogP contribution is 2.23. The average molecular weight is 307 g/mol. The lowest BCUT2D eigenvalue weighted by molar-refractivity contribution is -0.124. The van der Waals surface area contributed by atoms with Gasteiger partial charge in [-0.1, -0.05) is 0 Å². The highest BCUT2D eigenvalue weighted by molar-refractivity contribution is 5.85. The number of rotatable bonds is 7. The van der Waals surface area contributed by atoms with E-state index in [9.17, 15) is 4.79 Å². The summed E-state index contributed by atoms with van der Waals surface area (Å²) in [6.45, 7) is 3.89. The second-order valence-corrected chi connectivity index (χ2v) is 5.72. The summed E-state index contributed by atoms with van der Waals surface area (Å²) in [6, 6.07) is 0.215. The first-order chi connectivity index (χ1) is 9.25. The van der Waals surface area contributed by atoms with Crippen molar-refractivity contribution in [3.05, 3.63) is 0 Å². The summed E-state index contributed by atoms with van der Waals surface area (Å²) < 4.78 is 10.9. The summed E-state index contributed by atoms with van der Waals surface area (Å²) in [5, 5.41) is 2.97. The van der Waals surface area contributed by atoms with Crippen molar-refractivity contribution in [3.63, 3.8) is 0 Å². The van der Waals surface area contributed by atoms with E-state index in [1.54, 1.807) is 0 Å². The third-order valence-corrected chi connectivity index (χ3v) is 3.99.